The van der Waals surface area contributed by atoms with Gasteiger partial charge in [0.15, 0.2) is 4.80 Å². The van der Waals surface area contributed by atoms with E-state index in [-0.39, 0.29) is 11.4 Å². The standard InChI is InChI=1S/C22H24FN3O4S3/c1-30-16-7-10-18-20(14-16)32-22(25(18)12-13-31-2)24-21(27)19-4-3-11-26(19)33(28,29)17-8-5-15(23)6-9-17/h5-10,14,19H,3-4,11-13H2,1-2H3. The van der Waals surface area contributed by atoms with Gasteiger partial charge in [0.1, 0.15) is 17.6 Å². The number of hydrogen-bond donors (Lipinski definition) is 0. The lowest BCUT2D eigenvalue weighted by molar-refractivity contribution is -0.121. The molecule has 11 heteroatoms. The molecule has 1 amide bonds. The van der Waals surface area contributed by atoms with Gasteiger partial charge in [0.25, 0.3) is 5.91 Å². The molecule has 4 rings (SSSR count). The van der Waals surface area contributed by atoms with E-state index in [1.54, 1.807) is 18.9 Å². The van der Waals surface area contributed by atoms with E-state index in [4.69, 9.17) is 4.74 Å². The Balaban J connectivity index is 1.71. The SMILES string of the molecule is COc1ccc2c(c1)sc(=NC(=O)C1CCCN1S(=O)(=O)c1ccc(F)cc1)n2CCSC. The van der Waals surface area contributed by atoms with Gasteiger partial charge in [-0.25, -0.2) is 12.8 Å². The number of aryl methyl sites for hydroxylation is 1. The lowest BCUT2D eigenvalue weighted by atomic mass is 10.2. The molecule has 1 aliphatic rings. The van der Waals surface area contributed by atoms with E-state index in [9.17, 15) is 17.6 Å². The number of aromatic nitrogens is 1. The molecule has 3 aromatic rings. The molecule has 7 nitrogen and oxygen atoms in total. The molecule has 176 valence electrons. The van der Waals surface area contributed by atoms with Gasteiger partial charge in [-0.1, -0.05) is 11.3 Å². The van der Waals surface area contributed by atoms with E-state index in [0.717, 1.165) is 28.1 Å². The van der Waals surface area contributed by atoms with Gasteiger partial charge >= 0.3 is 0 Å². The molecule has 0 radical (unpaired) electrons. The summed E-state index contributed by atoms with van der Waals surface area (Å²) < 4.78 is 48.9. The van der Waals surface area contributed by atoms with Crippen LogP contribution in [0.3, 0.4) is 0 Å². The zero-order valence-electron chi connectivity index (χ0n) is 18.2. The number of sulfonamides is 1. The quantitative estimate of drug-likeness (QED) is 0.487. The number of hydrogen-bond acceptors (Lipinski definition) is 6. The number of carbonyl (C=O) groups excluding carboxylic acids is 1. The summed E-state index contributed by atoms with van der Waals surface area (Å²) in [6, 6.07) is 9.47. The Bertz CT molecular complexity index is 1330. The number of rotatable bonds is 7. The topological polar surface area (TPSA) is 81.0 Å². The highest BCUT2D eigenvalue weighted by atomic mass is 32.2. The van der Waals surface area contributed by atoms with E-state index < -0.39 is 27.8 Å². The van der Waals surface area contributed by atoms with Gasteiger partial charge < -0.3 is 9.30 Å². The number of methoxy groups -OCH3 is 1. The van der Waals surface area contributed by atoms with Crippen LogP contribution >= 0.6 is 23.1 Å². The maximum Gasteiger partial charge on any atom is 0.266 e. The summed E-state index contributed by atoms with van der Waals surface area (Å²) in [5, 5.41) is 0. The molecule has 1 saturated heterocycles. The molecule has 2 aromatic carbocycles. The third kappa shape index (κ3) is 4.86. The van der Waals surface area contributed by atoms with Gasteiger partial charge in [-0.2, -0.15) is 21.1 Å². The normalized spacial score (nSPS) is 17.7. The minimum atomic E-state index is -3.94. The molecule has 0 bridgehead atoms. The highest BCUT2D eigenvalue weighted by Crippen LogP contribution is 2.28. The summed E-state index contributed by atoms with van der Waals surface area (Å²) in [5.41, 5.74) is 0.948. The number of carbonyl (C=O) groups is 1. The number of halogens is 1. The highest BCUT2D eigenvalue weighted by molar-refractivity contribution is 7.98. The maximum atomic E-state index is 13.3. The first-order valence-corrected chi connectivity index (χ1v) is 14.0. The van der Waals surface area contributed by atoms with Crippen LogP contribution in [0, 0.1) is 5.82 Å². The first-order chi connectivity index (χ1) is 15.8. The van der Waals surface area contributed by atoms with Crippen molar-refractivity contribution in [3.05, 3.63) is 53.1 Å². The summed E-state index contributed by atoms with van der Waals surface area (Å²) in [4.78, 5) is 18.1. The Morgan fingerprint density at radius 2 is 2.03 bits per heavy atom. The van der Waals surface area contributed by atoms with Crippen molar-refractivity contribution in [2.75, 3.05) is 25.7 Å². The Morgan fingerprint density at radius 1 is 1.27 bits per heavy atom. The third-order valence-corrected chi connectivity index (χ3v) is 9.08. The second-order valence-corrected chi connectivity index (χ2v) is 11.4. The molecule has 1 atom stereocenters. The van der Waals surface area contributed by atoms with Crippen molar-refractivity contribution in [1.82, 2.24) is 8.87 Å². The van der Waals surface area contributed by atoms with Crippen molar-refractivity contribution in [3.63, 3.8) is 0 Å². The summed E-state index contributed by atoms with van der Waals surface area (Å²) in [7, 11) is -2.34. The molecule has 0 aliphatic carbocycles. The third-order valence-electron chi connectivity index (χ3n) is 5.52. The molecule has 1 fully saturated rings. The fraction of sp³-hybridized carbons (Fsp3) is 0.364. The minimum absolute atomic E-state index is 0.0346. The molecular weight excluding hydrogens is 485 g/mol. The molecule has 0 saturated carbocycles. The largest absolute Gasteiger partial charge is 0.497 e. The number of thioether (sulfide) groups is 1. The van der Waals surface area contributed by atoms with E-state index in [1.165, 1.54) is 27.8 Å². The van der Waals surface area contributed by atoms with E-state index in [1.807, 2.05) is 29.0 Å². The van der Waals surface area contributed by atoms with Gasteiger partial charge in [-0.15, -0.1) is 0 Å². The number of amides is 1. The van der Waals surface area contributed by atoms with E-state index in [2.05, 4.69) is 4.99 Å². The van der Waals surface area contributed by atoms with Gasteiger partial charge in [0.2, 0.25) is 10.0 Å². The summed E-state index contributed by atoms with van der Waals surface area (Å²) in [6.07, 6.45) is 2.96. The van der Waals surface area contributed by atoms with Crippen LogP contribution in [0.25, 0.3) is 10.2 Å². The van der Waals surface area contributed by atoms with Gasteiger partial charge in [-0.3, -0.25) is 4.79 Å². The molecule has 0 N–H and O–H groups in total. The second-order valence-electron chi connectivity index (χ2n) is 7.54. The molecule has 1 aliphatic heterocycles. The summed E-state index contributed by atoms with van der Waals surface area (Å²) >= 11 is 3.06. The summed E-state index contributed by atoms with van der Waals surface area (Å²) in [6.45, 7) is 0.892. The number of nitrogens with zero attached hydrogens (tertiary/aromatic N) is 3. The predicted molar refractivity (Wildman–Crippen MR) is 129 cm³/mol. The van der Waals surface area contributed by atoms with Gasteiger partial charge in [0, 0.05) is 18.8 Å². The van der Waals surface area contributed by atoms with Crippen molar-refractivity contribution in [1.29, 1.82) is 0 Å². The predicted octanol–water partition coefficient (Wildman–Crippen LogP) is 3.49. The molecule has 33 heavy (non-hydrogen) atoms. The van der Waals surface area contributed by atoms with Crippen molar-refractivity contribution >= 4 is 49.2 Å². The Morgan fingerprint density at radius 3 is 2.73 bits per heavy atom. The van der Waals surface area contributed by atoms with Crippen LogP contribution in [0.4, 0.5) is 4.39 Å². The van der Waals surface area contributed by atoms with E-state index >= 15 is 0 Å². The molecule has 1 aromatic heterocycles. The van der Waals surface area contributed by atoms with Crippen LogP contribution in [0.5, 0.6) is 5.75 Å². The average Bonchev–Trinajstić information content (AvgIpc) is 3.43. The van der Waals surface area contributed by atoms with Crippen LogP contribution in [0.2, 0.25) is 0 Å². The van der Waals surface area contributed by atoms with E-state index in [0.29, 0.717) is 29.9 Å². The van der Waals surface area contributed by atoms with Gasteiger partial charge in [0.05, 0.1) is 22.2 Å². The van der Waals surface area contributed by atoms with Gasteiger partial charge in [-0.05, 0) is 61.6 Å². The van der Waals surface area contributed by atoms with Crippen molar-refractivity contribution in [3.8, 4) is 5.75 Å². The smallest absolute Gasteiger partial charge is 0.266 e. The van der Waals surface area contributed by atoms with Crippen LogP contribution in [-0.2, 0) is 21.4 Å². The Labute approximate surface area is 199 Å². The second kappa shape index (κ2) is 9.96. The van der Waals surface area contributed by atoms with Crippen LogP contribution in [-0.4, -0.2) is 54.9 Å². The lowest BCUT2D eigenvalue weighted by Crippen LogP contribution is -2.40. The van der Waals surface area contributed by atoms with Crippen molar-refractivity contribution in [2.24, 2.45) is 4.99 Å². The minimum Gasteiger partial charge on any atom is -0.497 e. The molecule has 0 spiro atoms. The number of benzene rings is 2. The zero-order chi connectivity index (χ0) is 23.6. The zero-order valence-corrected chi connectivity index (χ0v) is 20.7. The first kappa shape index (κ1) is 23.9. The Hall–Kier alpha value is -2.21. The number of fused-ring (bicyclic) bond motifs is 1. The first-order valence-electron chi connectivity index (χ1n) is 10.4. The lowest BCUT2D eigenvalue weighted by Gasteiger charge is -2.21. The Kier molecular flexibility index (Phi) is 7.22. The number of ether oxygens (including phenoxy) is 1. The number of thiazole rings is 1. The summed E-state index contributed by atoms with van der Waals surface area (Å²) in [5.74, 6) is 0.545. The van der Waals surface area contributed by atoms with Crippen LogP contribution < -0.4 is 9.54 Å². The average molecular weight is 510 g/mol. The molecule has 2 heterocycles. The highest BCUT2D eigenvalue weighted by Gasteiger charge is 2.39. The molecular formula is C22H24FN3O4S3. The van der Waals surface area contributed by atoms with Crippen molar-refractivity contribution in [2.45, 2.75) is 30.3 Å². The monoisotopic (exact) mass is 509 g/mol. The fourth-order valence-corrected chi connectivity index (χ4v) is 6.96. The van der Waals surface area contributed by atoms with Crippen LogP contribution in [0.15, 0.2) is 52.4 Å². The molecule has 1 unspecified atom stereocenters. The van der Waals surface area contributed by atoms with Crippen LogP contribution in [0.1, 0.15) is 12.8 Å². The maximum absolute atomic E-state index is 13.3. The fourth-order valence-electron chi connectivity index (χ4n) is 3.85. The van der Waals surface area contributed by atoms with Crippen molar-refractivity contribution < 1.29 is 22.3 Å².